The first-order valence-corrected chi connectivity index (χ1v) is 7.49. The molecule has 0 aliphatic heterocycles. The van der Waals surface area contributed by atoms with Crippen LogP contribution >= 0.6 is 22.9 Å². The quantitative estimate of drug-likeness (QED) is 0.894. The zero-order chi connectivity index (χ0) is 13.8. The average molecular weight is 295 g/mol. The second-order valence-corrected chi connectivity index (χ2v) is 6.52. The lowest BCUT2D eigenvalue weighted by Crippen LogP contribution is -2.19. The first kappa shape index (κ1) is 14.4. The van der Waals surface area contributed by atoms with Crippen molar-refractivity contribution in [2.75, 3.05) is 19.0 Å². The topological polar surface area (TPSA) is 15.3 Å². The van der Waals surface area contributed by atoms with Gasteiger partial charge in [0.25, 0.3) is 0 Å². The summed E-state index contributed by atoms with van der Waals surface area (Å²) in [5, 5.41) is 3.23. The van der Waals surface area contributed by atoms with E-state index in [1.165, 1.54) is 21.7 Å². The van der Waals surface area contributed by atoms with Crippen LogP contribution in [0.1, 0.15) is 16.0 Å². The maximum atomic E-state index is 5.98. The van der Waals surface area contributed by atoms with Crippen molar-refractivity contribution in [3.8, 4) is 0 Å². The van der Waals surface area contributed by atoms with Crippen LogP contribution in [0.4, 0.5) is 5.69 Å². The molecule has 0 spiro atoms. The molecule has 2 rings (SSSR count). The lowest BCUT2D eigenvalue weighted by atomic mass is 10.1. The first-order valence-electron chi connectivity index (χ1n) is 6.29. The second-order valence-electron chi connectivity index (χ2n) is 4.72. The molecular weight excluding hydrogens is 276 g/mol. The van der Waals surface area contributed by atoms with Gasteiger partial charge in [0.05, 0.1) is 10.9 Å². The Labute approximate surface area is 124 Å². The van der Waals surface area contributed by atoms with Crippen molar-refractivity contribution in [2.45, 2.75) is 20.0 Å². The van der Waals surface area contributed by atoms with Crippen molar-refractivity contribution in [2.24, 2.45) is 0 Å². The van der Waals surface area contributed by atoms with Gasteiger partial charge in [-0.05, 0) is 37.7 Å². The average Bonchev–Trinajstić information content (AvgIpc) is 2.75. The van der Waals surface area contributed by atoms with Gasteiger partial charge in [0.1, 0.15) is 0 Å². The summed E-state index contributed by atoms with van der Waals surface area (Å²) in [5.74, 6) is 0. The largest absolute Gasteiger partial charge is 0.369 e. The molecule has 0 aliphatic rings. The fraction of sp³-hybridized carbons (Fsp3) is 0.333. The van der Waals surface area contributed by atoms with Gasteiger partial charge in [0.2, 0.25) is 0 Å². The molecule has 1 heterocycles. The summed E-state index contributed by atoms with van der Waals surface area (Å²) < 4.78 is 0.850. The number of anilines is 1. The van der Waals surface area contributed by atoms with Crippen LogP contribution in [0.25, 0.3) is 0 Å². The van der Waals surface area contributed by atoms with E-state index in [2.05, 4.69) is 48.5 Å². The van der Waals surface area contributed by atoms with E-state index in [0.717, 1.165) is 17.4 Å². The van der Waals surface area contributed by atoms with Gasteiger partial charge in [0, 0.05) is 24.2 Å². The zero-order valence-electron chi connectivity index (χ0n) is 11.5. The minimum Gasteiger partial charge on any atom is -0.369 e. The number of aryl methyl sites for hydroxylation is 1. The lowest BCUT2D eigenvalue weighted by molar-refractivity contribution is 0.806. The molecule has 1 N–H and O–H groups in total. The van der Waals surface area contributed by atoms with Crippen LogP contribution in [0.5, 0.6) is 0 Å². The van der Waals surface area contributed by atoms with E-state index in [4.69, 9.17) is 11.6 Å². The number of thiophene rings is 1. The van der Waals surface area contributed by atoms with Crippen molar-refractivity contribution in [1.82, 2.24) is 5.32 Å². The SMILES string of the molecule is CNCc1cc(C)ccc1N(C)Cc1ccc(Cl)s1. The van der Waals surface area contributed by atoms with E-state index >= 15 is 0 Å². The molecule has 0 aliphatic carbocycles. The molecular formula is C15H19ClN2S. The van der Waals surface area contributed by atoms with Gasteiger partial charge in [0.15, 0.2) is 0 Å². The van der Waals surface area contributed by atoms with Crippen LogP contribution in [0.2, 0.25) is 4.34 Å². The summed E-state index contributed by atoms with van der Waals surface area (Å²) in [5.41, 5.74) is 3.89. The zero-order valence-corrected chi connectivity index (χ0v) is 13.1. The monoisotopic (exact) mass is 294 g/mol. The Balaban J connectivity index is 2.20. The van der Waals surface area contributed by atoms with Crippen LogP contribution in [0.15, 0.2) is 30.3 Å². The number of nitrogens with zero attached hydrogens (tertiary/aromatic N) is 1. The summed E-state index contributed by atoms with van der Waals surface area (Å²) in [7, 11) is 4.10. The lowest BCUT2D eigenvalue weighted by Gasteiger charge is -2.22. The van der Waals surface area contributed by atoms with Crippen LogP contribution in [-0.2, 0) is 13.1 Å². The normalized spacial score (nSPS) is 10.7. The van der Waals surface area contributed by atoms with Crippen LogP contribution < -0.4 is 10.2 Å². The predicted octanol–water partition coefficient (Wildman–Crippen LogP) is 4.07. The molecule has 0 saturated heterocycles. The molecule has 0 fully saturated rings. The highest BCUT2D eigenvalue weighted by Crippen LogP contribution is 2.26. The van der Waals surface area contributed by atoms with Crippen LogP contribution in [0.3, 0.4) is 0 Å². The highest BCUT2D eigenvalue weighted by molar-refractivity contribution is 7.16. The van der Waals surface area contributed by atoms with Gasteiger partial charge in [-0.15, -0.1) is 11.3 Å². The van der Waals surface area contributed by atoms with E-state index in [1.807, 2.05) is 13.1 Å². The Kier molecular flexibility index (Phi) is 4.86. The number of hydrogen-bond donors (Lipinski definition) is 1. The number of nitrogens with one attached hydrogen (secondary N) is 1. The Bertz CT molecular complexity index is 551. The second kappa shape index (κ2) is 6.42. The molecule has 0 bridgehead atoms. The highest BCUT2D eigenvalue weighted by atomic mass is 35.5. The Morgan fingerprint density at radius 3 is 2.68 bits per heavy atom. The summed E-state index contributed by atoms with van der Waals surface area (Å²) in [6.45, 7) is 3.89. The van der Waals surface area contributed by atoms with Gasteiger partial charge < -0.3 is 10.2 Å². The maximum absolute atomic E-state index is 5.98. The Hall–Kier alpha value is -1.03. The fourth-order valence-corrected chi connectivity index (χ4v) is 3.32. The highest BCUT2D eigenvalue weighted by Gasteiger charge is 2.09. The molecule has 0 radical (unpaired) electrons. The standard InChI is InChI=1S/C15H19ClN2S/c1-11-4-6-14(12(8-11)9-17-2)18(3)10-13-5-7-15(16)19-13/h4-8,17H,9-10H2,1-3H3. The summed E-state index contributed by atoms with van der Waals surface area (Å²) >= 11 is 7.62. The summed E-state index contributed by atoms with van der Waals surface area (Å²) in [6, 6.07) is 10.6. The maximum Gasteiger partial charge on any atom is 0.0931 e. The number of halogens is 1. The van der Waals surface area contributed by atoms with Crippen molar-refractivity contribution < 1.29 is 0 Å². The fourth-order valence-electron chi connectivity index (χ4n) is 2.17. The summed E-state index contributed by atoms with van der Waals surface area (Å²) in [4.78, 5) is 3.55. The molecule has 0 amide bonds. The van der Waals surface area contributed by atoms with Crippen LogP contribution in [0, 0.1) is 6.92 Å². The van der Waals surface area contributed by atoms with Gasteiger partial charge in [-0.25, -0.2) is 0 Å². The number of rotatable bonds is 5. The Morgan fingerprint density at radius 1 is 1.26 bits per heavy atom. The molecule has 0 atom stereocenters. The molecule has 0 saturated carbocycles. The molecule has 1 aromatic heterocycles. The third-order valence-corrected chi connectivity index (χ3v) is 4.25. The first-order chi connectivity index (χ1) is 9.10. The third kappa shape index (κ3) is 3.72. The predicted molar refractivity (Wildman–Crippen MR) is 85.4 cm³/mol. The van der Waals surface area contributed by atoms with Crippen molar-refractivity contribution in [3.63, 3.8) is 0 Å². The van der Waals surface area contributed by atoms with Crippen molar-refractivity contribution >= 4 is 28.6 Å². The van der Waals surface area contributed by atoms with Gasteiger partial charge in [-0.1, -0.05) is 29.3 Å². The molecule has 4 heteroatoms. The van der Waals surface area contributed by atoms with Crippen LogP contribution in [-0.4, -0.2) is 14.1 Å². The van der Waals surface area contributed by atoms with E-state index in [9.17, 15) is 0 Å². The van der Waals surface area contributed by atoms with E-state index in [0.29, 0.717) is 0 Å². The van der Waals surface area contributed by atoms with Crippen molar-refractivity contribution in [3.05, 3.63) is 50.7 Å². The minimum absolute atomic E-state index is 0.850. The molecule has 102 valence electrons. The smallest absolute Gasteiger partial charge is 0.0931 e. The molecule has 0 unspecified atom stereocenters. The van der Waals surface area contributed by atoms with Gasteiger partial charge in [-0.3, -0.25) is 0 Å². The molecule has 2 aromatic rings. The van der Waals surface area contributed by atoms with E-state index < -0.39 is 0 Å². The van der Waals surface area contributed by atoms with Gasteiger partial charge in [-0.2, -0.15) is 0 Å². The summed E-state index contributed by atoms with van der Waals surface area (Å²) in [6.07, 6.45) is 0. The van der Waals surface area contributed by atoms with E-state index in [-0.39, 0.29) is 0 Å². The Morgan fingerprint density at radius 2 is 2.05 bits per heavy atom. The molecule has 19 heavy (non-hydrogen) atoms. The minimum atomic E-state index is 0.850. The van der Waals surface area contributed by atoms with Crippen molar-refractivity contribution in [1.29, 1.82) is 0 Å². The van der Waals surface area contributed by atoms with Gasteiger partial charge >= 0.3 is 0 Å². The van der Waals surface area contributed by atoms with E-state index in [1.54, 1.807) is 11.3 Å². The molecule has 2 nitrogen and oxygen atoms in total. The third-order valence-electron chi connectivity index (χ3n) is 3.04. The number of benzene rings is 1. The molecule has 1 aromatic carbocycles. The number of hydrogen-bond acceptors (Lipinski definition) is 3.